The zero-order valence-electron chi connectivity index (χ0n) is 11.4. The Hall–Kier alpha value is 5.52. The van der Waals surface area contributed by atoms with Crippen LogP contribution in [0.15, 0.2) is 0 Å². The molecule has 0 aliphatic rings. The summed E-state index contributed by atoms with van der Waals surface area (Å²) in [6.45, 7) is 7.59. The van der Waals surface area contributed by atoms with Crippen molar-refractivity contribution in [3.8, 4) is 0 Å². The first kappa shape index (κ1) is 43.3. The topological polar surface area (TPSA) is 0 Å². The van der Waals surface area contributed by atoms with Crippen molar-refractivity contribution < 1.29 is 164 Å². The Labute approximate surface area is 237 Å². The van der Waals surface area contributed by atoms with Crippen LogP contribution in [0, 0.1) is 34.1 Å². The summed E-state index contributed by atoms with van der Waals surface area (Å²) in [5.41, 5.74) is 0. The van der Waals surface area contributed by atoms with Gasteiger partial charge in [-0.25, -0.2) is 0 Å². The molecule has 4 radical (unpaired) electrons. The maximum atomic E-state index is 3.79. The molecule has 88 valence electrons. The fraction of sp³-hybridized carbons (Fsp3) is 0.583. The zero-order chi connectivity index (χ0) is 8.36. The zero-order valence-corrected chi connectivity index (χ0v) is 25.6. The molecule has 0 aromatic carbocycles. The Bertz CT molecular complexity index is 63.9. The molecule has 0 aromatic heterocycles. The van der Waals surface area contributed by atoms with Crippen LogP contribution < -0.4 is 0 Å². The average molecular weight is 612 g/mol. The summed E-state index contributed by atoms with van der Waals surface area (Å²) < 4.78 is 0. The fourth-order valence-corrected chi connectivity index (χ4v) is 0.931. The molecule has 0 fully saturated rings. The van der Waals surface area contributed by atoms with E-state index < -0.39 is 0 Å². The van der Waals surface area contributed by atoms with E-state index in [1.165, 1.54) is 32.1 Å². The molecule has 0 aliphatic carbocycles. The van der Waals surface area contributed by atoms with Gasteiger partial charge >= 0.3 is 32.7 Å². The molecule has 0 unspecified atom stereocenters. The van der Waals surface area contributed by atoms with E-state index in [0.29, 0.717) is 0 Å². The molecule has 0 atom stereocenters. The van der Waals surface area contributed by atoms with Crippen LogP contribution in [0.1, 0.15) is 44.9 Å². The Morgan fingerprint density at radius 3 is 1.24 bits per heavy atom. The van der Waals surface area contributed by atoms with Gasteiger partial charge in [-0.1, -0.05) is 0 Å². The van der Waals surface area contributed by atoms with Gasteiger partial charge in [0.05, 0.1) is 0 Å². The Morgan fingerprint density at radius 1 is 0.706 bits per heavy atom. The molecule has 17 heavy (non-hydrogen) atoms. The van der Waals surface area contributed by atoms with E-state index in [2.05, 4.69) is 26.7 Å². The van der Waals surface area contributed by atoms with Crippen molar-refractivity contribution in [2.45, 2.75) is 44.9 Å². The molecular formula is C12H23Y5-2. The molecule has 0 aromatic rings. The van der Waals surface area contributed by atoms with E-state index >= 15 is 0 Å². The molecule has 0 bridgehead atoms. The van der Waals surface area contributed by atoms with Gasteiger partial charge in [0.15, 0.2) is 0 Å². The standard InChI is InChI=1S/C11H20.CH3.5Y/c1-3-5-7-9-11-10-8-6-4-2;;;;;;/h9-10H,1-8,11H2;1H3;;;;;/q-4;-1;;;;;+3. The van der Waals surface area contributed by atoms with Gasteiger partial charge in [-0.15, -0.1) is 12.8 Å². The largest absolute Gasteiger partial charge is 3.00 e. The quantitative estimate of drug-likeness (QED) is 0.285. The summed E-state index contributed by atoms with van der Waals surface area (Å²) in [5.74, 6) is 0. The Kier molecular flexibility index (Phi) is 109. The average Bonchev–Trinajstić information content (AvgIpc) is 2.03. The first-order valence-corrected chi connectivity index (χ1v) is 4.63. The third-order valence-electron chi connectivity index (χ3n) is 1.65. The van der Waals surface area contributed by atoms with Crippen LogP contribution in [0.5, 0.6) is 0 Å². The van der Waals surface area contributed by atoms with E-state index in [9.17, 15) is 0 Å². The van der Waals surface area contributed by atoms with E-state index in [4.69, 9.17) is 0 Å². The summed E-state index contributed by atoms with van der Waals surface area (Å²) in [7, 11) is 0. The van der Waals surface area contributed by atoms with Crippen LogP contribution in [0.3, 0.4) is 0 Å². The van der Waals surface area contributed by atoms with Crippen molar-refractivity contribution in [2.75, 3.05) is 0 Å². The summed E-state index contributed by atoms with van der Waals surface area (Å²) in [6, 6.07) is 0. The predicted octanol–water partition coefficient (Wildman–Crippen LogP) is 4.23. The Balaban J connectivity index is -0.0000000333. The normalized spacial score (nSPS) is 6.71. The maximum absolute atomic E-state index is 3.79. The molecule has 5 heteroatoms. The van der Waals surface area contributed by atoms with Crippen LogP contribution in [-0.4, -0.2) is 0 Å². The number of hydrogen-bond acceptors (Lipinski definition) is 0. The van der Waals surface area contributed by atoms with E-state index in [-0.39, 0.29) is 171 Å². The SMILES string of the molecule is [CH2-]CCC[CH-]C[CH-]CCC[CH2-].[CH3-].[Y+3].[Y].[Y].[Y].[Y]. The minimum atomic E-state index is 0. The fourth-order valence-electron chi connectivity index (χ4n) is 0.931. The van der Waals surface area contributed by atoms with Crippen LogP contribution in [-0.2, 0) is 164 Å². The van der Waals surface area contributed by atoms with Gasteiger partial charge in [0.25, 0.3) is 0 Å². The molecular weight excluding hydrogens is 589 g/mol. The maximum Gasteiger partial charge on any atom is 3.00 e. The number of rotatable bonds is 8. The van der Waals surface area contributed by atoms with Crippen molar-refractivity contribution in [1.29, 1.82) is 0 Å². The third kappa shape index (κ3) is 44.9. The first-order valence-electron chi connectivity index (χ1n) is 4.63. The van der Waals surface area contributed by atoms with Gasteiger partial charge < -0.3 is 40.5 Å². The van der Waals surface area contributed by atoms with Crippen LogP contribution in [0.25, 0.3) is 0 Å². The minimum Gasteiger partial charge on any atom is -0.358 e. The van der Waals surface area contributed by atoms with Crippen molar-refractivity contribution in [3.05, 3.63) is 34.1 Å². The summed E-state index contributed by atoms with van der Waals surface area (Å²) in [6.07, 6.45) is 12.9. The Morgan fingerprint density at radius 2 is 1.00 bits per heavy atom. The molecule has 0 saturated carbocycles. The molecule has 0 aliphatic heterocycles. The van der Waals surface area contributed by atoms with Crippen LogP contribution in [0.2, 0.25) is 0 Å². The van der Waals surface area contributed by atoms with E-state index in [0.717, 1.165) is 12.8 Å². The van der Waals surface area contributed by atoms with Gasteiger partial charge in [0.2, 0.25) is 0 Å². The van der Waals surface area contributed by atoms with Gasteiger partial charge in [0.1, 0.15) is 0 Å². The molecule has 0 N–H and O–H groups in total. The number of hydrogen-bond donors (Lipinski definition) is 0. The molecule has 0 rings (SSSR count). The predicted molar refractivity (Wildman–Crippen MR) is 58.0 cm³/mol. The summed E-state index contributed by atoms with van der Waals surface area (Å²) in [5, 5.41) is 0. The molecule has 0 heterocycles. The molecule has 0 spiro atoms. The minimum absolute atomic E-state index is 0. The van der Waals surface area contributed by atoms with Gasteiger partial charge in [-0.05, 0) is 0 Å². The van der Waals surface area contributed by atoms with E-state index in [1.54, 1.807) is 0 Å². The monoisotopic (exact) mass is 612 g/mol. The number of unbranched alkanes of at least 4 members (excludes halogenated alkanes) is 8. The second-order valence-corrected chi connectivity index (χ2v) is 2.80. The summed E-state index contributed by atoms with van der Waals surface area (Å²) >= 11 is 0. The third-order valence-corrected chi connectivity index (χ3v) is 1.65. The van der Waals surface area contributed by atoms with Gasteiger partial charge in [-0.3, -0.25) is 0 Å². The van der Waals surface area contributed by atoms with E-state index in [1.807, 2.05) is 0 Å². The molecule has 0 saturated heterocycles. The molecule has 0 amide bonds. The second kappa shape index (κ2) is 43.0. The van der Waals surface area contributed by atoms with Crippen molar-refractivity contribution in [3.63, 3.8) is 0 Å². The molecule has 0 nitrogen and oxygen atoms in total. The van der Waals surface area contributed by atoms with Crippen molar-refractivity contribution in [2.24, 2.45) is 0 Å². The van der Waals surface area contributed by atoms with Crippen LogP contribution >= 0.6 is 0 Å². The summed E-state index contributed by atoms with van der Waals surface area (Å²) in [4.78, 5) is 0. The van der Waals surface area contributed by atoms with Crippen LogP contribution in [0.4, 0.5) is 0 Å². The smallest absolute Gasteiger partial charge is 0.358 e. The van der Waals surface area contributed by atoms with Crippen molar-refractivity contribution >= 4 is 0 Å². The first-order chi connectivity index (χ1) is 5.41. The van der Waals surface area contributed by atoms with Gasteiger partial charge in [0, 0.05) is 131 Å². The van der Waals surface area contributed by atoms with Crippen molar-refractivity contribution in [1.82, 2.24) is 0 Å². The second-order valence-electron chi connectivity index (χ2n) is 2.80. The van der Waals surface area contributed by atoms with Gasteiger partial charge in [-0.2, -0.15) is 25.7 Å².